The van der Waals surface area contributed by atoms with Crippen molar-refractivity contribution < 1.29 is 14.6 Å². The number of carbonyl (C=O) groups is 1. The molecule has 0 aliphatic heterocycles. The topological polar surface area (TPSA) is 64.3 Å². The molecule has 0 saturated heterocycles. The maximum absolute atomic E-state index is 10.6. The molecule has 0 spiro atoms. The summed E-state index contributed by atoms with van der Waals surface area (Å²) in [4.78, 5) is 10.6. The van der Waals surface area contributed by atoms with Crippen molar-refractivity contribution in [3.63, 3.8) is 0 Å². The second kappa shape index (κ2) is 4.63. The third-order valence-electron chi connectivity index (χ3n) is 1.95. The Kier molecular flexibility index (Phi) is 3.49. The Morgan fingerprint density at radius 1 is 1.73 bits per heavy atom. The van der Waals surface area contributed by atoms with Gasteiger partial charge in [-0.1, -0.05) is 12.7 Å². The van der Waals surface area contributed by atoms with E-state index in [9.17, 15) is 4.79 Å². The summed E-state index contributed by atoms with van der Waals surface area (Å²) >= 11 is 0. The van der Waals surface area contributed by atoms with Crippen LogP contribution in [-0.2, 0) is 18.3 Å². The van der Waals surface area contributed by atoms with E-state index in [1.807, 2.05) is 0 Å². The van der Waals surface area contributed by atoms with Crippen molar-refractivity contribution in [2.75, 3.05) is 6.61 Å². The fraction of sp³-hybridized carbons (Fsp3) is 0.400. The number of ether oxygens (including phenoxy) is 1. The Labute approximate surface area is 88.0 Å². The molecule has 82 valence electrons. The summed E-state index contributed by atoms with van der Waals surface area (Å²) in [5.41, 5.74) is 1.30. The lowest BCUT2D eigenvalue weighted by atomic mass is 10.2. The van der Waals surface area contributed by atoms with Crippen molar-refractivity contribution in [1.29, 1.82) is 0 Å². The lowest BCUT2D eigenvalue weighted by Crippen LogP contribution is -2.05. The van der Waals surface area contributed by atoms with Crippen LogP contribution in [0.25, 0.3) is 0 Å². The highest BCUT2D eigenvalue weighted by atomic mass is 16.5. The van der Waals surface area contributed by atoms with Gasteiger partial charge in [0.25, 0.3) is 0 Å². The smallest absolute Gasteiger partial charge is 0.308 e. The van der Waals surface area contributed by atoms with E-state index in [2.05, 4.69) is 11.7 Å². The summed E-state index contributed by atoms with van der Waals surface area (Å²) in [7, 11) is 1.72. The van der Waals surface area contributed by atoms with Gasteiger partial charge in [-0.25, -0.2) is 4.68 Å². The predicted molar refractivity (Wildman–Crippen MR) is 55.0 cm³/mol. The number of carboxylic acid groups (broad SMARTS) is 1. The fourth-order valence-corrected chi connectivity index (χ4v) is 1.35. The molecule has 0 fully saturated rings. The SMILES string of the molecule is C=CCOc1c(CC(=O)O)c(C)nn1C. The molecule has 0 aromatic carbocycles. The van der Waals surface area contributed by atoms with Crippen LogP contribution in [-0.4, -0.2) is 27.5 Å². The van der Waals surface area contributed by atoms with Gasteiger partial charge in [0.2, 0.25) is 5.88 Å². The van der Waals surface area contributed by atoms with Gasteiger partial charge in [-0.2, -0.15) is 5.10 Å². The minimum atomic E-state index is -0.894. The van der Waals surface area contributed by atoms with Gasteiger partial charge in [-0.3, -0.25) is 4.79 Å². The van der Waals surface area contributed by atoms with E-state index in [-0.39, 0.29) is 6.42 Å². The summed E-state index contributed by atoms with van der Waals surface area (Å²) in [6.07, 6.45) is 1.53. The first-order valence-electron chi connectivity index (χ1n) is 4.54. The molecule has 0 aliphatic rings. The average Bonchev–Trinajstić information content (AvgIpc) is 2.39. The molecule has 0 saturated carbocycles. The number of hydrogen-bond donors (Lipinski definition) is 1. The molecule has 0 unspecified atom stereocenters. The van der Waals surface area contributed by atoms with Crippen molar-refractivity contribution >= 4 is 5.97 Å². The summed E-state index contributed by atoms with van der Waals surface area (Å²) in [6.45, 7) is 5.63. The molecule has 1 aromatic heterocycles. The molecular weight excluding hydrogens is 196 g/mol. The fourth-order valence-electron chi connectivity index (χ4n) is 1.35. The molecule has 0 radical (unpaired) electrons. The third-order valence-corrected chi connectivity index (χ3v) is 1.95. The van der Waals surface area contributed by atoms with Crippen LogP contribution in [0.15, 0.2) is 12.7 Å². The largest absolute Gasteiger partial charge is 0.481 e. The standard InChI is InChI=1S/C10H14N2O3/c1-4-5-15-10-8(6-9(13)14)7(2)11-12(10)3/h4H,1,5-6H2,2-3H3,(H,13,14). The van der Waals surface area contributed by atoms with Crippen molar-refractivity contribution in [1.82, 2.24) is 9.78 Å². The number of aryl methyl sites for hydroxylation is 2. The number of aliphatic carboxylic acids is 1. The molecule has 1 heterocycles. The highest BCUT2D eigenvalue weighted by Crippen LogP contribution is 2.21. The van der Waals surface area contributed by atoms with Crippen LogP contribution in [0.3, 0.4) is 0 Å². The van der Waals surface area contributed by atoms with Crippen molar-refractivity contribution in [3.05, 3.63) is 23.9 Å². The van der Waals surface area contributed by atoms with Gasteiger partial charge < -0.3 is 9.84 Å². The Morgan fingerprint density at radius 2 is 2.40 bits per heavy atom. The van der Waals surface area contributed by atoms with Crippen LogP contribution in [0.2, 0.25) is 0 Å². The van der Waals surface area contributed by atoms with E-state index in [4.69, 9.17) is 9.84 Å². The second-order valence-corrected chi connectivity index (χ2v) is 3.16. The van der Waals surface area contributed by atoms with Crippen LogP contribution in [0.4, 0.5) is 0 Å². The number of nitrogens with zero attached hydrogens (tertiary/aromatic N) is 2. The van der Waals surface area contributed by atoms with Gasteiger partial charge in [-0.15, -0.1) is 0 Å². The second-order valence-electron chi connectivity index (χ2n) is 3.16. The molecule has 0 atom stereocenters. The Hall–Kier alpha value is -1.78. The quantitative estimate of drug-likeness (QED) is 0.734. The zero-order valence-electron chi connectivity index (χ0n) is 8.86. The van der Waals surface area contributed by atoms with E-state index in [0.29, 0.717) is 23.7 Å². The van der Waals surface area contributed by atoms with Gasteiger partial charge >= 0.3 is 5.97 Å². The molecule has 15 heavy (non-hydrogen) atoms. The minimum Gasteiger partial charge on any atom is -0.481 e. The zero-order valence-corrected chi connectivity index (χ0v) is 8.86. The van der Waals surface area contributed by atoms with Gasteiger partial charge in [-0.05, 0) is 6.92 Å². The number of aromatic nitrogens is 2. The molecule has 0 amide bonds. The van der Waals surface area contributed by atoms with E-state index in [0.717, 1.165) is 0 Å². The maximum atomic E-state index is 10.6. The zero-order chi connectivity index (χ0) is 11.4. The molecule has 5 heteroatoms. The molecule has 1 N–H and O–H groups in total. The number of rotatable bonds is 5. The monoisotopic (exact) mass is 210 g/mol. The van der Waals surface area contributed by atoms with E-state index < -0.39 is 5.97 Å². The molecule has 1 aromatic rings. The molecule has 0 bridgehead atoms. The first-order chi connectivity index (χ1) is 7.06. The maximum Gasteiger partial charge on any atom is 0.308 e. The van der Waals surface area contributed by atoms with Gasteiger partial charge in [0.1, 0.15) is 6.61 Å². The minimum absolute atomic E-state index is 0.0772. The van der Waals surface area contributed by atoms with Crippen LogP contribution in [0.1, 0.15) is 11.3 Å². The van der Waals surface area contributed by atoms with Crippen LogP contribution < -0.4 is 4.74 Å². The summed E-state index contributed by atoms with van der Waals surface area (Å²) in [5, 5.41) is 12.8. The Morgan fingerprint density at radius 3 is 2.93 bits per heavy atom. The van der Waals surface area contributed by atoms with E-state index in [1.54, 1.807) is 20.0 Å². The van der Waals surface area contributed by atoms with Crippen molar-refractivity contribution in [2.45, 2.75) is 13.3 Å². The van der Waals surface area contributed by atoms with Crippen molar-refractivity contribution in [3.8, 4) is 5.88 Å². The van der Waals surface area contributed by atoms with Crippen LogP contribution >= 0.6 is 0 Å². The highest BCUT2D eigenvalue weighted by Gasteiger charge is 2.16. The predicted octanol–water partition coefficient (Wildman–Crippen LogP) is 0.920. The molecule has 1 rings (SSSR count). The van der Waals surface area contributed by atoms with Gasteiger partial charge in [0.05, 0.1) is 12.1 Å². The molecule has 0 aliphatic carbocycles. The lowest BCUT2D eigenvalue weighted by Gasteiger charge is -2.05. The summed E-state index contributed by atoms with van der Waals surface area (Å²) in [5.74, 6) is -0.399. The first kappa shape index (κ1) is 11.3. The average molecular weight is 210 g/mol. The first-order valence-corrected chi connectivity index (χ1v) is 4.54. The summed E-state index contributed by atoms with van der Waals surface area (Å²) < 4.78 is 6.90. The van der Waals surface area contributed by atoms with E-state index >= 15 is 0 Å². The van der Waals surface area contributed by atoms with Gasteiger partial charge in [0.15, 0.2) is 0 Å². The Balaban J connectivity index is 2.99. The number of hydrogen-bond acceptors (Lipinski definition) is 3. The van der Waals surface area contributed by atoms with E-state index in [1.165, 1.54) is 4.68 Å². The van der Waals surface area contributed by atoms with Crippen molar-refractivity contribution in [2.24, 2.45) is 7.05 Å². The third kappa shape index (κ3) is 2.59. The van der Waals surface area contributed by atoms with Gasteiger partial charge in [0, 0.05) is 12.6 Å². The molecular formula is C10H14N2O3. The molecule has 5 nitrogen and oxygen atoms in total. The normalized spacial score (nSPS) is 10.0. The van der Waals surface area contributed by atoms with Crippen LogP contribution in [0, 0.1) is 6.92 Å². The summed E-state index contributed by atoms with van der Waals surface area (Å²) in [6, 6.07) is 0. The highest BCUT2D eigenvalue weighted by molar-refractivity contribution is 5.71. The van der Waals surface area contributed by atoms with Crippen LogP contribution in [0.5, 0.6) is 5.88 Å². The number of carboxylic acids is 1. The lowest BCUT2D eigenvalue weighted by molar-refractivity contribution is -0.136. The Bertz CT molecular complexity index is 382.